The zero-order valence-electron chi connectivity index (χ0n) is 14.3. The minimum absolute atomic E-state index is 0.107. The normalized spacial score (nSPS) is 11.9. The molecule has 0 aliphatic heterocycles. The van der Waals surface area contributed by atoms with Crippen molar-refractivity contribution in [2.24, 2.45) is 0 Å². The summed E-state index contributed by atoms with van der Waals surface area (Å²) in [5, 5.41) is 9.67. The Labute approximate surface area is 145 Å². The van der Waals surface area contributed by atoms with Gasteiger partial charge in [0.2, 0.25) is 0 Å². The summed E-state index contributed by atoms with van der Waals surface area (Å²) in [5.74, 6) is -1.27. The molecule has 0 aliphatic carbocycles. The monoisotopic (exact) mass is 346 g/mol. The lowest BCUT2D eigenvalue weighted by Crippen LogP contribution is -2.29. The molecule has 0 amide bonds. The van der Waals surface area contributed by atoms with Gasteiger partial charge in [-0.3, -0.25) is 14.3 Å². The molecule has 7 nitrogen and oxygen atoms in total. The van der Waals surface area contributed by atoms with E-state index in [1.807, 2.05) is 25.1 Å². The number of hydrogen-bond donors (Lipinski definition) is 2. The summed E-state index contributed by atoms with van der Waals surface area (Å²) in [6.07, 6.45) is 2.64. The molecule has 1 aromatic carbocycles. The minimum atomic E-state index is -0.954. The number of aryl methyl sites for hydroxylation is 1. The van der Waals surface area contributed by atoms with Crippen LogP contribution in [-0.4, -0.2) is 40.7 Å². The first-order valence-electron chi connectivity index (χ1n) is 8.14. The first-order chi connectivity index (χ1) is 11.9. The average Bonchev–Trinajstić information content (AvgIpc) is 2.88. The van der Waals surface area contributed by atoms with E-state index in [1.54, 1.807) is 17.8 Å². The summed E-state index contributed by atoms with van der Waals surface area (Å²) in [7, 11) is 0. The van der Waals surface area contributed by atoms with Crippen LogP contribution in [0, 0.1) is 6.92 Å². The number of aldehydes is 1. The molecule has 0 radical (unpaired) electrons. The highest BCUT2D eigenvalue weighted by Gasteiger charge is 2.16. The maximum atomic E-state index is 11.8. The van der Waals surface area contributed by atoms with E-state index in [0.717, 1.165) is 22.0 Å². The highest BCUT2D eigenvalue weighted by atomic mass is 16.5. The molecule has 1 atom stereocenters. The molecule has 134 valence electrons. The van der Waals surface area contributed by atoms with E-state index >= 15 is 0 Å². The van der Waals surface area contributed by atoms with Gasteiger partial charge >= 0.3 is 11.9 Å². The predicted molar refractivity (Wildman–Crippen MR) is 93.1 cm³/mol. The van der Waals surface area contributed by atoms with Gasteiger partial charge in [0.1, 0.15) is 6.29 Å². The van der Waals surface area contributed by atoms with E-state index in [-0.39, 0.29) is 25.2 Å². The van der Waals surface area contributed by atoms with Gasteiger partial charge in [0.15, 0.2) is 0 Å². The third-order valence-electron chi connectivity index (χ3n) is 3.82. The number of ether oxygens (including phenoxy) is 1. The minimum Gasteiger partial charge on any atom is -0.481 e. The first-order valence-corrected chi connectivity index (χ1v) is 8.14. The van der Waals surface area contributed by atoms with E-state index in [9.17, 15) is 14.4 Å². The number of benzene rings is 1. The van der Waals surface area contributed by atoms with Crippen LogP contribution >= 0.6 is 0 Å². The van der Waals surface area contributed by atoms with Crippen molar-refractivity contribution < 1.29 is 24.2 Å². The molecular weight excluding hydrogens is 324 g/mol. The number of nitrogens with one attached hydrogen (secondary N) is 1. The van der Waals surface area contributed by atoms with Crippen LogP contribution in [0.15, 0.2) is 24.4 Å². The van der Waals surface area contributed by atoms with Crippen LogP contribution in [0.1, 0.15) is 30.9 Å². The van der Waals surface area contributed by atoms with Crippen molar-refractivity contribution in [1.29, 1.82) is 0 Å². The van der Waals surface area contributed by atoms with Crippen molar-refractivity contribution in [3.05, 3.63) is 35.5 Å². The molecule has 0 saturated heterocycles. The number of carboxylic acid groups (broad SMARTS) is 1. The van der Waals surface area contributed by atoms with Crippen LogP contribution in [0.3, 0.4) is 0 Å². The largest absolute Gasteiger partial charge is 0.481 e. The highest BCUT2D eigenvalue weighted by molar-refractivity contribution is 5.88. The fourth-order valence-corrected chi connectivity index (χ4v) is 2.65. The van der Waals surface area contributed by atoms with E-state index in [1.165, 1.54) is 0 Å². The molecule has 0 aliphatic rings. The van der Waals surface area contributed by atoms with Crippen LogP contribution in [0.2, 0.25) is 0 Å². The maximum Gasteiger partial charge on any atom is 0.310 e. The Morgan fingerprint density at radius 1 is 1.40 bits per heavy atom. The number of fused-ring (bicyclic) bond motifs is 1. The van der Waals surface area contributed by atoms with Gasteiger partial charge in [-0.2, -0.15) is 0 Å². The number of esters is 1. The molecular formula is C18H22N2O5. The van der Waals surface area contributed by atoms with Crippen molar-refractivity contribution in [1.82, 2.24) is 4.68 Å². The number of hydrogen-bond acceptors (Lipinski definition) is 5. The summed E-state index contributed by atoms with van der Waals surface area (Å²) in [4.78, 5) is 33.8. The molecule has 0 unspecified atom stereocenters. The van der Waals surface area contributed by atoms with Crippen molar-refractivity contribution >= 4 is 29.1 Å². The van der Waals surface area contributed by atoms with Crippen molar-refractivity contribution in [2.75, 3.05) is 12.0 Å². The van der Waals surface area contributed by atoms with Gasteiger partial charge in [-0.05, 0) is 38.0 Å². The van der Waals surface area contributed by atoms with Crippen LogP contribution < -0.4 is 5.43 Å². The van der Waals surface area contributed by atoms with E-state index in [0.29, 0.717) is 12.9 Å². The Morgan fingerprint density at radius 3 is 2.80 bits per heavy atom. The molecule has 7 heteroatoms. The Hall–Kier alpha value is -2.83. The molecule has 0 fully saturated rings. The third kappa shape index (κ3) is 4.82. The summed E-state index contributed by atoms with van der Waals surface area (Å²) >= 11 is 0. The second kappa shape index (κ2) is 8.32. The van der Waals surface area contributed by atoms with Crippen molar-refractivity contribution in [3.8, 4) is 0 Å². The quantitative estimate of drug-likeness (QED) is 0.533. The van der Waals surface area contributed by atoms with E-state index < -0.39 is 12.0 Å². The van der Waals surface area contributed by atoms with Crippen LogP contribution in [0.5, 0.6) is 0 Å². The Balaban J connectivity index is 2.31. The summed E-state index contributed by atoms with van der Waals surface area (Å²) in [6, 6.07) is 5.16. The number of rotatable bonds is 9. The smallest absolute Gasteiger partial charge is 0.310 e. The standard InChI is InChI=1S/C18H22N2O5/c1-3-25-18(24)9-13-10-20(16-6-4-12(2)8-15(13)16)19-14(11-21)5-7-17(22)23/h4,6,8,10-11,14,19H,3,5,7,9H2,1-2H3,(H,22,23)/t14-/m0/s1. The first kappa shape index (κ1) is 18.5. The molecule has 1 aromatic heterocycles. The van der Waals surface area contributed by atoms with E-state index in [2.05, 4.69) is 5.43 Å². The lowest BCUT2D eigenvalue weighted by atomic mass is 10.1. The molecule has 0 bridgehead atoms. The summed E-state index contributed by atoms with van der Waals surface area (Å²) in [5.41, 5.74) is 5.65. The van der Waals surface area contributed by atoms with E-state index in [4.69, 9.17) is 9.84 Å². The van der Waals surface area contributed by atoms with Crippen LogP contribution in [0.25, 0.3) is 10.9 Å². The van der Waals surface area contributed by atoms with Crippen LogP contribution in [0.4, 0.5) is 0 Å². The topological polar surface area (TPSA) is 97.6 Å². The third-order valence-corrected chi connectivity index (χ3v) is 3.82. The molecule has 25 heavy (non-hydrogen) atoms. The van der Waals surface area contributed by atoms with Gasteiger partial charge in [0.05, 0.1) is 24.6 Å². The van der Waals surface area contributed by atoms with Gasteiger partial charge in [-0.15, -0.1) is 0 Å². The lowest BCUT2D eigenvalue weighted by Gasteiger charge is -2.15. The number of carboxylic acids is 1. The molecule has 2 N–H and O–H groups in total. The number of carbonyl (C=O) groups is 3. The average molecular weight is 346 g/mol. The number of carbonyl (C=O) groups excluding carboxylic acids is 2. The van der Waals surface area contributed by atoms with Gasteiger partial charge in [-0.1, -0.05) is 11.6 Å². The summed E-state index contributed by atoms with van der Waals surface area (Å²) in [6.45, 7) is 4.03. The number of nitrogens with zero attached hydrogens (tertiary/aromatic N) is 1. The molecule has 0 spiro atoms. The molecule has 2 aromatic rings. The zero-order chi connectivity index (χ0) is 18.4. The number of aromatic nitrogens is 1. The zero-order valence-corrected chi connectivity index (χ0v) is 14.3. The van der Waals surface area contributed by atoms with Crippen LogP contribution in [-0.2, 0) is 25.5 Å². The van der Waals surface area contributed by atoms with Gasteiger partial charge in [0.25, 0.3) is 0 Å². The second-order valence-corrected chi connectivity index (χ2v) is 5.83. The van der Waals surface area contributed by atoms with Crippen molar-refractivity contribution in [3.63, 3.8) is 0 Å². The van der Waals surface area contributed by atoms with Gasteiger partial charge in [0, 0.05) is 18.0 Å². The van der Waals surface area contributed by atoms with Crippen molar-refractivity contribution in [2.45, 2.75) is 39.2 Å². The molecule has 0 saturated carbocycles. The lowest BCUT2D eigenvalue weighted by molar-refractivity contribution is -0.142. The number of aliphatic carboxylic acids is 1. The Kier molecular flexibility index (Phi) is 6.16. The Bertz CT molecular complexity index is 781. The fourth-order valence-electron chi connectivity index (χ4n) is 2.65. The fraction of sp³-hybridized carbons (Fsp3) is 0.389. The SMILES string of the molecule is CCOC(=O)Cc1cn(N[C@H](C=O)CCC(=O)O)c2ccc(C)cc12. The predicted octanol–water partition coefficient (Wildman–Crippen LogP) is 2.03. The highest BCUT2D eigenvalue weighted by Crippen LogP contribution is 2.23. The Morgan fingerprint density at radius 2 is 2.16 bits per heavy atom. The van der Waals surface area contributed by atoms with Gasteiger partial charge in [-0.25, -0.2) is 0 Å². The second-order valence-electron chi connectivity index (χ2n) is 5.83. The molecule has 2 rings (SSSR count). The molecule has 1 heterocycles. The maximum absolute atomic E-state index is 11.8. The summed E-state index contributed by atoms with van der Waals surface area (Å²) < 4.78 is 6.68. The van der Waals surface area contributed by atoms with Gasteiger partial charge < -0.3 is 20.1 Å².